The van der Waals surface area contributed by atoms with Crippen molar-refractivity contribution >= 4 is 0 Å². The third kappa shape index (κ3) is 1.84. The van der Waals surface area contributed by atoms with E-state index in [-0.39, 0.29) is 5.41 Å². The Hall–Kier alpha value is -1.78. The fraction of sp³-hybridized carbons (Fsp3) is 0.600. The second-order valence-electron chi connectivity index (χ2n) is 6.47. The standard InChI is InChI=1S/C15H19N5/c1-15(2,12-9-16-7-8-17-12)14-19-18-13(10-3-4-10)20(14)11-5-6-11/h7-11H,3-6H2,1-2H3. The normalized spacial score (nSPS) is 19.3. The Labute approximate surface area is 118 Å². The van der Waals surface area contributed by atoms with Gasteiger partial charge >= 0.3 is 0 Å². The van der Waals surface area contributed by atoms with Crippen LogP contribution in [0, 0.1) is 0 Å². The number of rotatable bonds is 4. The molecule has 0 amide bonds. The summed E-state index contributed by atoms with van der Waals surface area (Å²) in [6, 6.07) is 0.603. The molecule has 0 radical (unpaired) electrons. The van der Waals surface area contributed by atoms with E-state index in [1.165, 1.54) is 31.5 Å². The van der Waals surface area contributed by atoms with E-state index < -0.39 is 0 Å². The van der Waals surface area contributed by atoms with E-state index in [0.29, 0.717) is 12.0 Å². The Morgan fingerprint density at radius 1 is 1.10 bits per heavy atom. The van der Waals surface area contributed by atoms with Gasteiger partial charge in [0.15, 0.2) is 0 Å². The highest BCUT2D eigenvalue weighted by molar-refractivity contribution is 5.26. The number of aromatic nitrogens is 5. The van der Waals surface area contributed by atoms with Crippen LogP contribution >= 0.6 is 0 Å². The first-order chi connectivity index (χ1) is 9.68. The van der Waals surface area contributed by atoms with Crippen LogP contribution < -0.4 is 0 Å². The maximum absolute atomic E-state index is 4.53. The molecule has 0 unspecified atom stereocenters. The maximum atomic E-state index is 4.53. The molecule has 2 heterocycles. The molecule has 2 aliphatic rings. The van der Waals surface area contributed by atoms with Crippen molar-refractivity contribution in [3.05, 3.63) is 35.9 Å². The lowest BCUT2D eigenvalue weighted by molar-refractivity contribution is 0.512. The average molecular weight is 269 g/mol. The lowest BCUT2D eigenvalue weighted by Crippen LogP contribution is -2.26. The summed E-state index contributed by atoms with van der Waals surface area (Å²) in [6.07, 6.45) is 10.3. The van der Waals surface area contributed by atoms with Gasteiger partial charge in [-0.15, -0.1) is 10.2 Å². The monoisotopic (exact) mass is 269 g/mol. The van der Waals surface area contributed by atoms with Crippen LogP contribution in [0.5, 0.6) is 0 Å². The van der Waals surface area contributed by atoms with Gasteiger partial charge in [0.05, 0.1) is 11.1 Å². The maximum Gasteiger partial charge on any atom is 0.145 e. The minimum atomic E-state index is -0.253. The van der Waals surface area contributed by atoms with Gasteiger partial charge < -0.3 is 4.57 Å². The van der Waals surface area contributed by atoms with Crippen molar-refractivity contribution in [3.8, 4) is 0 Å². The fourth-order valence-electron chi connectivity index (χ4n) is 2.78. The quantitative estimate of drug-likeness (QED) is 0.856. The second-order valence-corrected chi connectivity index (χ2v) is 6.47. The van der Waals surface area contributed by atoms with Gasteiger partial charge in [-0.2, -0.15) is 0 Å². The van der Waals surface area contributed by atoms with Crippen molar-refractivity contribution in [2.45, 2.75) is 56.9 Å². The molecule has 20 heavy (non-hydrogen) atoms. The van der Waals surface area contributed by atoms with E-state index >= 15 is 0 Å². The lowest BCUT2D eigenvalue weighted by Gasteiger charge is -2.24. The Morgan fingerprint density at radius 3 is 2.50 bits per heavy atom. The van der Waals surface area contributed by atoms with Crippen LogP contribution in [0.15, 0.2) is 18.6 Å². The van der Waals surface area contributed by atoms with E-state index in [2.05, 4.69) is 38.6 Å². The Balaban J connectivity index is 1.81. The van der Waals surface area contributed by atoms with Gasteiger partial charge in [-0.1, -0.05) is 0 Å². The third-order valence-electron chi connectivity index (χ3n) is 4.34. The Morgan fingerprint density at radius 2 is 1.90 bits per heavy atom. The van der Waals surface area contributed by atoms with Crippen LogP contribution in [0.4, 0.5) is 0 Å². The molecule has 2 fully saturated rings. The first-order valence-electron chi connectivity index (χ1n) is 7.39. The lowest BCUT2D eigenvalue weighted by atomic mass is 9.88. The minimum absolute atomic E-state index is 0.253. The smallest absolute Gasteiger partial charge is 0.145 e. The van der Waals surface area contributed by atoms with Crippen LogP contribution in [0.1, 0.15) is 68.8 Å². The van der Waals surface area contributed by atoms with Crippen LogP contribution in [0.2, 0.25) is 0 Å². The molecule has 4 rings (SSSR count). The molecule has 0 spiro atoms. The zero-order chi connectivity index (χ0) is 13.7. The van der Waals surface area contributed by atoms with E-state index in [0.717, 1.165) is 11.5 Å². The van der Waals surface area contributed by atoms with Crippen LogP contribution in [-0.4, -0.2) is 24.7 Å². The molecule has 0 saturated heterocycles. The molecule has 5 nitrogen and oxygen atoms in total. The zero-order valence-electron chi connectivity index (χ0n) is 12.0. The molecule has 2 aromatic rings. The van der Waals surface area contributed by atoms with Gasteiger partial charge in [-0.05, 0) is 39.5 Å². The molecule has 0 N–H and O–H groups in total. The SMILES string of the molecule is CC(C)(c1cnccn1)c1nnc(C2CC2)n1C1CC1. The third-order valence-corrected chi connectivity index (χ3v) is 4.34. The van der Waals surface area contributed by atoms with Gasteiger partial charge in [0.1, 0.15) is 11.6 Å². The molecular weight excluding hydrogens is 250 g/mol. The van der Waals surface area contributed by atoms with Crippen LogP contribution in [-0.2, 0) is 5.41 Å². The molecule has 5 heteroatoms. The highest BCUT2D eigenvalue weighted by Gasteiger charge is 2.41. The van der Waals surface area contributed by atoms with Gasteiger partial charge in [0.25, 0.3) is 0 Å². The van der Waals surface area contributed by atoms with Crippen molar-refractivity contribution in [1.82, 2.24) is 24.7 Å². The zero-order valence-corrected chi connectivity index (χ0v) is 12.0. The van der Waals surface area contributed by atoms with Crippen molar-refractivity contribution < 1.29 is 0 Å². The summed E-state index contributed by atoms with van der Waals surface area (Å²) < 4.78 is 2.40. The average Bonchev–Trinajstić information content (AvgIpc) is 3.38. The topological polar surface area (TPSA) is 56.5 Å². The van der Waals surface area contributed by atoms with Crippen molar-refractivity contribution in [2.75, 3.05) is 0 Å². The number of hydrogen-bond donors (Lipinski definition) is 0. The molecular formula is C15H19N5. The molecule has 2 aliphatic carbocycles. The summed E-state index contributed by atoms with van der Waals surface area (Å²) in [5.74, 6) is 2.87. The molecule has 0 aromatic carbocycles. The van der Waals surface area contributed by atoms with E-state index in [4.69, 9.17) is 0 Å². The first-order valence-corrected chi connectivity index (χ1v) is 7.39. The second kappa shape index (κ2) is 4.11. The van der Waals surface area contributed by atoms with Gasteiger partial charge in [0.2, 0.25) is 0 Å². The Bertz CT molecular complexity index is 623. The van der Waals surface area contributed by atoms with Crippen molar-refractivity contribution in [1.29, 1.82) is 0 Å². The summed E-state index contributed by atoms with van der Waals surface area (Å²) in [7, 11) is 0. The fourth-order valence-corrected chi connectivity index (χ4v) is 2.78. The predicted octanol–water partition coefficient (Wildman–Crippen LogP) is 2.61. The van der Waals surface area contributed by atoms with E-state index in [1.807, 2.05) is 6.20 Å². The van der Waals surface area contributed by atoms with Crippen molar-refractivity contribution in [3.63, 3.8) is 0 Å². The summed E-state index contributed by atoms with van der Waals surface area (Å²) in [4.78, 5) is 8.67. The molecule has 2 saturated carbocycles. The summed E-state index contributed by atoms with van der Waals surface area (Å²) in [6.45, 7) is 4.33. The minimum Gasteiger partial charge on any atom is -0.311 e. The van der Waals surface area contributed by atoms with Crippen molar-refractivity contribution in [2.24, 2.45) is 0 Å². The highest BCUT2D eigenvalue weighted by Crippen LogP contribution is 2.46. The molecule has 0 atom stereocenters. The van der Waals surface area contributed by atoms with Gasteiger partial charge in [0, 0.05) is 30.6 Å². The summed E-state index contributed by atoms with van der Waals surface area (Å²) in [5.41, 5.74) is 0.702. The van der Waals surface area contributed by atoms with Crippen LogP contribution in [0.25, 0.3) is 0 Å². The van der Waals surface area contributed by atoms with Gasteiger partial charge in [-0.25, -0.2) is 0 Å². The molecule has 0 bridgehead atoms. The van der Waals surface area contributed by atoms with Crippen LogP contribution in [0.3, 0.4) is 0 Å². The number of hydrogen-bond acceptors (Lipinski definition) is 4. The molecule has 2 aromatic heterocycles. The summed E-state index contributed by atoms with van der Waals surface area (Å²) >= 11 is 0. The Kier molecular flexibility index (Phi) is 2.46. The van der Waals surface area contributed by atoms with Gasteiger partial charge in [-0.3, -0.25) is 9.97 Å². The molecule has 0 aliphatic heterocycles. The highest BCUT2D eigenvalue weighted by atomic mass is 15.3. The largest absolute Gasteiger partial charge is 0.311 e. The van der Waals surface area contributed by atoms with E-state index in [1.54, 1.807) is 12.4 Å². The molecule has 104 valence electrons. The predicted molar refractivity (Wildman–Crippen MR) is 74.4 cm³/mol. The summed E-state index contributed by atoms with van der Waals surface area (Å²) in [5, 5.41) is 9.03. The number of nitrogens with zero attached hydrogens (tertiary/aromatic N) is 5. The van der Waals surface area contributed by atoms with E-state index in [9.17, 15) is 0 Å². The first kappa shape index (κ1) is 12.0.